The van der Waals surface area contributed by atoms with Gasteiger partial charge in [-0.15, -0.1) is 0 Å². The Morgan fingerprint density at radius 2 is 2.45 bits per heavy atom. The Morgan fingerprint density at radius 1 is 1.64 bits per heavy atom. The highest BCUT2D eigenvalue weighted by Gasteiger charge is 2.33. The van der Waals surface area contributed by atoms with Crippen LogP contribution in [0, 0.1) is 0 Å². The van der Waals surface area contributed by atoms with Crippen molar-refractivity contribution in [2.24, 2.45) is 0 Å². The van der Waals surface area contributed by atoms with Gasteiger partial charge >= 0.3 is 0 Å². The van der Waals surface area contributed by atoms with Gasteiger partial charge in [0.15, 0.2) is 0 Å². The van der Waals surface area contributed by atoms with Crippen LogP contribution >= 0.6 is 0 Å². The van der Waals surface area contributed by atoms with Gasteiger partial charge in [-0.05, 0) is 13.3 Å². The molecule has 11 heavy (non-hydrogen) atoms. The van der Waals surface area contributed by atoms with Crippen LogP contribution in [-0.2, 0) is 4.79 Å². The van der Waals surface area contributed by atoms with E-state index < -0.39 is 0 Å². The molecule has 3 nitrogen and oxygen atoms in total. The van der Waals surface area contributed by atoms with Crippen LogP contribution in [0.15, 0.2) is 0 Å². The predicted molar refractivity (Wildman–Crippen MR) is 42.2 cm³/mol. The lowest BCUT2D eigenvalue weighted by molar-refractivity contribution is -0.116. The molecule has 2 rings (SSSR count). The van der Waals surface area contributed by atoms with E-state index >= 15 is 0 Å². The molecule has 2 atom stereocenters. The molecule has 0 amide bonds. The number of carbonyl (C=O) groups excluding carboxylic acids is 1. The van der Waals surface area contributed by atoms with E-state index in [0.29, 0.717) is 24.4 Å². The smallest absolute Gasteiger partial charge is 0.148 e. The van der Waals surface area contributed by atoms with Crippen molar-refractivity contribution in [3.63, 3.8) is 0 Å². The summed E-state index contributed by atoms with van der Waals surface area (Å²) >= 11 is 0. The molecule has 3 heteroatoms. The minimum absolute atomic E-state index is 0.408. The van der Waals surface area contributed by atoms with Crippen LogP contribution in [0.2, 0.25) is 0 Å². The van der Waals surface area contributed by atoms with Crippen molar-refractivity contribution in [1.29, 1.82) is 0 Å². The molecular formula is C8H14N2O. The average molecular weight is 154 g/mol. The molecule has 1 N–H and O–H groups in total. The third-order valence-corrected chi connectivity index (χ3v) is 2.63. The number of Topliss-reactive ketones (excluding diaryl/α,β-unsaturated/α-hetero) is 1. The van der Waals surface area contributed by atoms with Gasteiger partial charge in [0, 0.05) is 25.2 Å². The molecular weight excluding hydrogens is 140 g/mol. The molecule has 2 heterocycles. The summed E-state index contributed by atoms with van der Waals surface area (Å²) in [7, 11) is 0. The van der Waals surface area contributed by atoms with Crippen molar-refractivity contribution in [1.82, 2.24) is 10.2 Å². The molecule has 0 spiro atoms. The fraction of sp³-hybridized carbons (Fsp3) is 0.875. The van der Waals surface area contributed by atoms with Gasteiger partial charge in [-0.25, -0.2) is 0 Å². The Labute approximate surface area is 66.8 Å². The molecule has 0 saturated carbocycles. The molecule has 0 radical (unpaired) electrons. The molecule has 0 aromatic carbocycles. The Bertz CT molecular complexity index is 181. The molecule has 0 aliphatic carbocycles. The number of nitrogens with zero attached hydrogens (tertiary/aromatic N) is 1. The lowest BCUT2D eigenvalue weighted by Gasteiger charge is -2.33. The first-order valence-corrected chi connectivity index (χ1v) is 4.25. The SMILES string of the molecule is C[C@H]1C[C@H]2CC(=O)CN2CN1. The van der Waals surface area contributed by atoms with Crippen molar-refractivity contribution < 1.29 is 4.79 Å². The van der Waals surface area contributed by atoms with Crippen LogP contribution in [0.3, 0.4) is 0 Å². The fourth-order valence-corrected chi connectivity index (χ4v) is 1.99. The second-order valence-corrected chi connectivity index (χ2v) is 3.64. The second-order valence-electron chi connectivity index (χ2n) is 3.64. The van der Waals surface area contributed by atoms with Gasteiger partial charge in [-0.3, -0.25) is 9.69 Å². The quantitative estimate of drug-likeness (QED) is 0.532. The molecule has 62 valence electrons. The fourth-order valence-electron chi connectivity index (χ4n) is 1.99. The topological polar surface area (TPSA) is 32.3 Å². The molecule has 0 aromatic rings. The minimum atomic E-state index is 0.408. The van der Waals surface area contributed by atoms with Crippen molar-refractivity contribution in [2.75, 3.05) is 13.2 Å². The molecule has 2 fully saturated rings. The highest BCUT2D eigenvalue weighted by atomic mass is 16.1. The van der Waals surface area contributed by atoms with E-state index in [1.807, 2.05) is 0 Å². The van der Waals surface area contributed by atoms with Gasteiger partial charge in [-0.2, -0.15) is 0 Å². The molecule has 0 unspecified atom stereocenters. The summed E-state index contributed by atoms with van der Waals surface area (Å²) in [6.45, 7) is 3.75. The van der Waals surface area contributed by atoms with E-state index in [-0.39, 0.29) is 0 Å². The van der Waals surface area contributed by atoms with Gasteiger partial charge in [0.2, 0.25) is 0 Å². The zero-order valence-corrected chi connectivity index (χ0v) is 6.84. The van der Waals surface area contributed by atoms with E-state index in [1.165, 1.54) is 0 Å². The van der Waals surface area contributed by atoms with Crippen LogP contribution < -0.4 is 5.32 Å². The Hall–Kier alpha value is -0.410. The first-order chi connectivity index (χ1) is 5.25. The number of carbonyl (C=O) groups is 1. The van der Waals surface area contributed by atoms with Crippen molar-refractivity contribution in [3.05, 3.63) is 0 Å². The van der Waals surface area contributed by atoms with Crippen molar-refractivity contribution in [3.8, 4) is 0 Å². The molecule has 2 aliphatic rings. The van der Waals surface area contributed by atoms with E-state index in [1.54, 1.807) is 0 Å². The van der Waals surface area contributed by atoms with Gasteiger partial charge in [-0.1, -0.05) is 0 Å². The van der Waals surface area contributed by atoms with Gasteiger partial charge in [0.05, 0.1) is 6.54 Å². The first kappa shape index (κ1) is 7.25. The van der Waals surface area contributed by atoms with Gasteiger partial charge < -0.3 is 5.32 Å². The third kappa shape index (κ3) is 1.30. The van der Waals surface area contributed by atoms with Gasteiger partial charge in [0.25, 0.3) is 0 Å². The Kier molecular flexibility index (Phi) is 1.69. The number of nitrogens with one attached hydrogen (secondary N) is 1. The first-order valence-electron chi connectivity index (χ1n) is 4.25. The highest BCUT2D eigenvalue weighted by Crippen LogP contribution is 2.21. The zero-order chi connectivity index (χ0) is 7.84. The average Bonchev–Trinajstić information content (AvgIpc) is 2.27. The Morgan fingerprint density at radius 3 is 3.27 bits per heavy atom. The summed E-state index contributed by atoms with van der Waals surface area (Å²) < 4.78 is 0. The number of hydrogen-bond acceptors (Lipinski definition) is 3. The Balaban J connectivity index is 2.02. The summed E-state index contributed by atoms with van der Waals surface area (Å²) in [5.74, 6) is 0.408. The van der Waals surface area contributed by atoms with E-state index in [4.69, 9.17) is 0 Å². The maximum atomic E-state index is 11.0. The predicted octanol–water partition coefficient (Wildman–Crippen LogP) is -0.0309. The molecule has 2 saturated heterocycles. The van der Waals surface area contributed by atoms with Crippen LogP contribution in [0.1, 0.15) is 19.8 Å². The van der Waals surface area contributed by atoms with E-state index in [2.05, 4.69) is 17.1 Å². The summed E-state index contributed by atoms with van der Waals surface area (Å²) in [5, 5.41) is 3.35. The summed E-state index contributed by atoms with van der Waals surface area (Å²) in [6.07, 6.45) is 1.91. The van der Waals surface area contributed by atoms with Crippen LogP contribution in [0.4, 0.5) is 0 Å². The maximum Gasteiger partial charge on any atom is 0.148 e. The van der Waals surface area contributed by atoms with E-state index in [9.17, 15) is 4.79 Å². The lowest BCUT2D eigenvalue weighted by atomic mass is 10.0. The standard InChI is InChI=1S/C8H14N2O/c1-6-2-7-3-8(11)4-10(7)5-9-6/h6-7,9H,2-5H2,1H3/t6-,7-/m0/s1. The monoisotopic (exact) mass is 154 g/mol. The zero-order valence-electron chi connectivity index (χ0n) is 6.84. The number of fused-ring (bicyclic) bond motifs is 1. The summed E-state index contributed by atoms with van der Waals surface area (Å²) in [4.78, 5) is 13.3. The highest BCUT2D eigenvalue weighted by molar-refractivity contribution is 5.83. The normalized spacial score (nSPS) is 39.2. The van der Waals surface area contributed by atoms with Crippen molar-refractivity contribution in [2.45, 2.75) is 31.8 Å². The molecule has 0 aromatic heterocycles. The third-order valence-electron chi connectivity index (χ3n) is 2.63. The number of rotatable bonds is 0. The van der Waals surface area contributed by atoms with Crippen LogP contribution in [0.5, 0.6) is 0 Å². The number of hydrogen-bond donors (Lipinski definition) is 1. The summed E-state index contributed by atoms with van der Waals surface area (Å²) in [5.41, 5.74) is 0. The van der Waals surface area contributed by atoms with Crippen molar-refractivity contribution >= 4 is 5.78 Å². The molecule has 0 bridgehead atoms. The summed E-state index contributed by atoms with van der Waals surface area (Å²) in [6, 6.07) is 1.13. The minimum Gasteiger partial charge on any atom is -0.302 e. The van der Waals surface area contributed by atoms with E-state index in [0.717, 1.165) is 19.5 Å². The van der Waals surface area contributed by atoms with Crippen LogP contribution in [0.25, 0.3) is 0 Å². The van der Waals surface area contributed by atoms with Gasteiger partial charge in [0.1, 0.15) is 5.78 Å². The maximum absolute atomic E-state index is 11.0. The molecule has 2 aliphatic heterocycles. The van der Waals surface area contributed by atoms with Crippen LogP contribution in [-0.4, -0.2) is 36.0 Å². The lowest BCUT2D eigenvalue weighted by Crippen LogP contribution is -2.49. The number of ketones is 1. The largest absolute Gasteiger partial charge is 0.302 e. The second kappa shape index (κ2) is 2.57.